The molecule has 0 saturated heterocycles. The molecule has 4 N–H and O–H groups in total. The van der Waals surface area contributed by atoms with E-state index in [2.05, 4.69) is 20.1 Å². The summed E-state index contributed by atoms with van der Waals surface area (Å²) in [7, 11) is 2.28. The van der Waals surface area contributed by atoms with Crippen molar-refractivity contribution in [3.8, 4) is 0 Å². The van der Waals surface area contributed by atoms with Crippen LogP contribution < -0.4 is 10.6 Å². The molecule has 10 nitrogen and oxygen atoms in total. The van der Waals surface area contributed by atoms with Crippen molar-refractivity contribution in [1.29, 1.82) is 0 Å². The first-order valence-corrected chi connectivity index (χ1v) is 9.36. The number of nitrogens with one attached hydrogen (secondary N) is 2. The molecule has 0 fully saturated rings. The number of methoxy groups -OCH3 is 2. The van der Waals surface area contributed by atoms with Gasteiger partial charge in [0.2, 0.25) is 0 Å². The van der Waals surface area contributed by atoms with Crippen LogP contribution in [0.2, 0.25) is 0 Å². The quantitative estimate of drug-likeness (QED) is 0.424. The van der Waals surface area contributed by atoms with Crippen molar-refractivity contribution in [2.45, 2.75) is 18.6 Å². The minimum atomic E-state index is -2.09. The number of carbonyl (C=O) groups excluding carboxylic acids is 4. The Kier molecular flexibility index (Phi) is 8.47. The SMILES string of the molecule is COC(=O)c1cc(NC(=O)[C@H](O)[C@@H](O)C(=O)NCC2C=CC=CC2)cc(C(=O)OC)c1. The lowest BCUT2D eigenvalue weighted by Gasteiger charge is -2.19. The van der Waals surface area contributed by atoms with E-state index in [0.29, 0.717) is 0 Å². The number of benzene rings is 1. The zero-order chi connectivity index (χ0) is 23.0. The summed E-state index contributed by atoms with van der Waals surface area (Å²) < 4.78 is 9.21. The maximum atomic E-state index is 12.3. The predicted octanol–water partition coefficient (Wildman–Crippen LogP) is 0.169. The van der Waals surface area contributed by atoms with Crippen LogP contribution in [-0.2, 0) is 19.1 Å². The molecule has 1 aromatic carbocycles. The highest BCUT2D eigenvalue weighted by atomic mass is 16.5. The Bertz CT molecular complexity index is 874. The van der Waals surface area contributed by atoms with Crippen LogP contribution in [0.3, 0.4) is 0 Å². The molecular formula is C21H24N2O8. The molecule has 166 valence electrons. The van der Waals surface area contributed by atoms with Crippen molar-refractivity contribution in [2.75, 3.05) is 26.1 Å². The van der Waals surface area contributed by atoms with Gasteiger partial charge in [0.15, 0.2) is 12.2 Å². The van der Waals surface area contributed by atoms with Gasteiger partial charge in [-0.25, -0.2) is 9.59 Å². The molecule has 1 aliphatic carbocycles. The van der Waals surface area contributed by atoms with Gasteiger partial charge in [-0.05, 0) is 30.5 Å². The van der Waals surface area contributed by atoms with E-state index in [9.17, 15) is 29.4 Å². The number of allylic oxidation sites excluding steroid dienone is 3. The average molecular weight is 432 g/mol. The fraction of sp³-hybridized carbons (Fsp3) is 0.333. The van der Waals surface area contributed by atoms with Gasteiger partial charge >= 0.3 is 11.9 Å². The Morgan fingerprint density at radius 1 is 0.968 bits per heavy atom. The predicted molar refractivity (Wildman–Crippen MR) is 109 cm³/mol. The van der Waals surface area contributed by atoms with Gasteiger partial charge in [0.25, 0.3) is 11.8 Å². The highest BCUT2D eigenvalue weighted by Gasteiger charge is 2.31. The standard InChI is InChI=1S/C21H24N2O8/c1-30-20(28)13-8-14(21(29)31-2)10-15(9-13)23-19(27)17(25)16(24)18(26)22-11-12-6-4-3-5-7-12/h3-6,8-10,12,16-17,24-25H,7,11H2,1-2H3,(H,22,26)(H,23,27)/t12?,16-,17-/m1/s1. The second kappa shape index (κ2) is 11.0. The summed E-state index contributed by atoms with van der Waals surface area (Å²) in [5.74, 6) is -3.52. The van der Waals surface area contributed by atoms with E-state index in [1.807, 2.05) is 24.3 Å². The number of ether oxygens (including phenoxy) is 2. The third-order valence-corrected chi connectivity index (χ3v) is 4.49. The lowest BCUT2D eigenvalue weighted by Crippen LogP contribution is -2.48. The van der Waals surface area contributed by atoms with E-state index >= 15 is 0 Å². The highest BCUT2D eigenvalue weighted by molar-refractivity contribution is 6.02. The normalized spacial score (nSPS) is 16.7. The lowest BCUT2D eigenvalue weighted by atomic mass is 10.0. The molecule has 0 radical (unpaired) electrons. The van der Waals surface area contributed by atoms with Crippen molar-refractivity contribution in [2.24, 2.45) is 5.92 Å². The molecular weight excluding hydrogens is 408 g/mol. The zero-order valence-electron chi connectivity index (χ0n) is 17.0. The summed E-state index contributed by atoms with van der Waals surface area (Å²) in [6.07, 6.45) is 4.14. The summed E-state index contributed by atoms with van der Waals surface area (Å²) in [5.41, 5.74) is -0.148. The lowest BCUT2D eigenvalue weighted by molar-refractivity contribution is -0.143. The van der Waals surface area contributed by atoms with Crippen LogP contribution in [0, 0.1) is 5.92 Å². The minimum absolute atomic E-state index is 0.0425. The van der Waals surface area contributed by atoms with Crippen molar-refractivity contribution in [1.82, 2.24) is 5.32 Å². The van der Waals surface area contributed by atoms with Crippen LogP contribution in [0.5, 0.6) is 0 Å². The van der Waals surface area contributed by atoms with Gasteiger partial charge in [0, 0.05) is 12.2 Å². The Morgan fingerprint density at radius 3 is 2.06 bits per heavy atom. The highest BCUT2D eigenvalue weighted by Crippen LogP contribution is 2.18. The van der Waals surface area contributed by atoms with Crippen LogP contribution in [0.25, 0.3) is 0 Å². The monoisotopic (exact) mass is 432 g/mol. The molecule has 0 heterocycles. The summed E-state index contributed by atoms with van der Waals surface area (Å²) in [6, 6.07) is 3.62. The fourth-order valence-electron chi connectivity index (χ4n) is 2.79. The fourth-order valence-corrected chi connectivity index (χ4v) is 2.79. The summed E-state index contributed by atoms with van der Waals surface area (Å²) in [6.45, 7) is 0.231. The number of hydrogen-bond acceptors (Lipinski definition) is 8. The zero-order valence-corrected chi connectivity index (χ0v) is 17.0. The largest absolute Gasteiger partial charge is 0.465 e. The number of rotatable bonds is 8. The van der Waals surface area contributed by atoms with Crippen LogP contribution >= 0.6 is 0 Å². The molecule has 0 aliphatic heterocycles. The molecule has 31 heavy (non-hydrogen) atoms. The Hall–Kier alpha value is -3.50. The summed E-state index contributed by atoms with van der Waals surface area (Å²) in [5, 5.41) is 24.8. The molecule has 0 spiro atoms. The summed E-state index contributed by atoms with van der Waals surface area (Å²) >= 11 is 0. The second-order valence-corrected chi connectivity index (χ2v) is 6.72. The van der Waals surface area contributed by atoms with E-state index < -0.39 is 36.0 Å². The molecule has 1 unspecified atom stereocenters. The van der Waals surface area contributed by atoms with Gasteiger partial charge in [-0.2, -0.15) is 0 Å². The molecule has 0 saturated carbocycles. The molecule has 2 rings (SSSR count). The first kappa shape index (κ1) is 23.8. The number of carbonyl (C=O) groups is 4. The van der Waals surface area contributed by atoms with Gasteiger partial charge in [-0.15, -0.1) is 0 Å². The van der Waals surface area contributed by atoms with Gasteiger partial charge in [-0.3, -0.25) is 9.59 Å². The number of aliphatic hydroxyl groups is 2. The van der Waals surface area contributed by atoms with Crippen LogP contribution in [0.4, 0.5) is 5.69 Å². The molecule has 1 aliphatic rings. The van der Waals surface area contributed by atoms with Gasteiger partial charge < -0.3 is 30.3 Å². The Morgan fingerprint density at radius 2 is 1.55 bits per heavy atom. The number of hydrogen-bond donors (Lipinski definition) is 4. The van der Waals surface area contributed by atoms with Crippen LogP contribution in [-0.4, -0.2) is 66.9 Å². The van der Waals surface area contributed by atoms with E-state index in [-0.39, 0.29) is 29.3 Å². The van der Waals surface area contributed by atoms with Gasteiger partial charge in [0.05, 0.1) is 25.3 Å². The van der Waals surface area contributed by atoms with Crippen molar-refractivity contribution in [3.63, 3.8) is 0 Å². The number of anilines is 1. The molecule has 3 atom stereocenters. The van der Waals surface area contributed by atoms with Crippen molar-refractivity contribution < 1.29 is 38.9 Å². The van der Waals surface area contributed by atoms with E-state index in [1.165, 1.54) is 18.2 Å². The molecule has 1 aromatic rings. The van der Waals surface area contributed by atoms with Gasteiger partial charge in [-0.1, -0.05) is 24.3 Å². The number of amides is 2. The third-order valence-electron chi connectivity index (χ3n) is 4.49. The molecule has 0 aromatic heterocycles. The first-order valence-electron chi connectivity index (χ1n) is 9.36. The van der Waals surface area contributed by atoms with Gasteiger partial charge in [0.1, 0.15) is 0 Å². The number of esters is 2. The maximum absolute atomic E-state index is 12.3. The molecule has 2 amide bonds. The van der Waals surface area contributed by atoms with E-state index in [1.54, 1.807) is 0 Å². The van der Waals surface area contributed by atoms with Crippen LogP contribution in [0.1, 0.15) is 27.1 Å². The Labute approximate surface area is 178 Å². The smallest absolute Gasteiger partial charge is 0.337 e. The van der Waals surface area contributed by atoms with Crippen molar-refractivity contribution >= 4 is 29.4 Å². The third kappa shape index (κ3) is 6.49. The minimum Gasteiger partial charge on any atom is -0.465 e. The van der Waals surface area contributed by atoms with Crippen molar-refractivity contribution in [3.05, 3.63) is 53.6 Å². The molecule has 0 bridgehead atoms. The second-order valence-electron chi connectivity index (χ2n) is 6.72. The average Bonchev–Trinajstić information content (AvgIpc) is 2.80. The first-order chi connectivity index (χ1) is 14.8. The number of aliphatic hydroxyl groups excluding tert-OH is 2. The molecule has 10 heteroatoms. The summed E-state index contributed by atoms with van der Waals surface area (Å²) in [4.78, 5) is 48.0. The van der Waals surface area contributed by atoms with Crippen LogP contribution in [0.15, 0.2) is 42.5 Å². The maximum Gasteiger partial charge on any atom is 0.337 e. The van der Waals surface area contributed by atoms with E-state index in [0.717, 1.165) is 20.6 Å². The Balaban J connectivity index is 2.05. The van der Waals surface area contributed by atoms with E-state index in [4.69, 9.17) is 0 Å². The topological polar surface area (TPSA) is 151 Å².